The number of amides is 1. The van der Waals surface area contributed by atoms with Crippen molar-refractivity contribution in [3.05, 3.63) is 47.4 Å². The number of nitrogens with zero attached hydrogens (tertiary/aromatic N) is 2. The zero-order chi connectivity index (χ0) is 15.4. The summed E-state index contributed by atoms with van der Waals surface area (Å²) in [5.41, 5.74) is 3.43. The van der Waals surface area contributed by atoms with E-state index in [9.17, 15) is 4.79 Å². The van der Waals surface area contributed by atoms with Crippen LogP contribution in [0, 0.1) is 13.8 Å². The summed E-state index contributed by atoms with van der Waals surface area (Å²) in [5, 5.41) is 6.00. The Kier molecular flexibility index (Phi) is 4.52. The van der Waals surface area contributed by atoms with E-state index < -0.39 is 0 Å². The Bertz CT molecular complexity index is 652. The van der Waals surface area contributed by atoms with E-state index in [4.69, 9.17) is 0 Å². The van der Waals surface area contributed by atoms with Crippen molar-refractivity contribution in [2.45, 2.75) is 33.7 Å². The van der Waals surface area contributed by atoms with E-state index in [1.54, 1.807) is 6.07 Å². The molecule has 1 aromatic heterocycles. The Labute approximate surface area is 124 Å². The van der Waals surface area contributed by atoms with E-state index >= 15 is 0 Å². The summed E-state index contributed by atoms with van der Waals surface area (Å²) >= 11 is 0. The number of benzene rings is 1. The van der Waals surface area contributed by atoms with Gasteiger partial charge in [0, 0.05) is 17.8 Å². The lowest BCUT2D eigenvalue weighted by Crippen LogP contribution is -2.16. The number of carbonyl (C=O) groups is 1. The SMILES string of the molecule is Cc1ccc(NC(=O)c2cc(NC(C)C)ncn2)cc1C. The largest absolute Gasteiger partial charge is 0.368 e. The molecule has 0 saturated heterocycles. The molecule has 0 unspecified atom stereocenters. The first-order valence-electron chi connectivity index (χ1n) is 6.93. The van der Waals surface area contributed by atoms with Gasteiger partial charge in [0.25, 0.3) is 5.91 Å². The maximum Gasteiger partial charge on any atom is 0.274 e. The monoisotopic (exact) mass is 284 g/mol. The van der Waals surface area contributed by atoms with Crippen molar-refractivity contribution >= 4 is 17.4 Å². The molecule has 1 heterocycles. The molecule has 5 heteroatoms. The third-order valence-electron chi connectivity index (χ3n) is 3.10. The quantitative estimate of drug-likeness (QED) is 0.905. The molecule has 5 nitrogen and oxygen atoms in total. The lowest BCUT2D eigenvalue weighted by molar-refractivity contribution is 0.102. The van der Waals surface area contributed by atoms with E-state index in [1.807, 2.05) is 45.9 Å². The van der Waals surface area contributed by atoms with Crippen molar-refractivity contribution in [3.8, 4) is 0 Å². The summed E-state index contributed by atoms with van der Waals surface area (Å²) in [7, 11) is 0. The zero-order valence-corrected chi connectivity index (χ0v) is 12.8. The molecule has 0 spiro atoms. The highest BCUT2D eigenvalue weighted by molar-refractivity contribution is 6.03. The molecule has 0 radical (unpaired) electrons. The van der Waals surface area contributed by atoms with Crippen LogP contribution >= 0.6 is 0 Å². The van der Waals surface area contributed by atoms with Crippen LogP contribution in [0.2, 0.25) is 0 Å². The molecule has 2 N–H and O–H groups in total. The van der Waals surface area contributed by atoms with Gasteiger partial charge in [0.2, 0.25) is 0 Å². The fourth-order valence-electron chi connectivity index (χ4n) is 1.87. The van der Waals surface area contributed by atoms with Gasteiger partial charge in [-0.2, -0.15) is 0 Å². The summed E-state index contributed by atoms with van der Waals surface area (Å²) < 4.78 is 0. The normalized spacial score (nSPS) is 10.5. The number of rotatable bonds is 4. The number of anilines is 2. The number of hydrogen-bond acceptors (Lipinski definition) is 4. The lowest BCUT2D eigenvalue weighted by Gasteiger charge is -2.10. The highest BCUT2D eigenvalue weighted by Gasteiger charge is 2.10. The smallest absolute Gasteiger partial charge is 0.274 e. The molecule has 0 aliphatic rings. The van der Waals surface area contributed by atoms with Crippen LogP contribution in [0.25, 0.3) is 0 Å². The fourth-order valence-corrected chi connectivity index (χ4v) is 1.87. The second-order valence-corrected chi connectivity index (χ2v) is 5.34. The summed E-state index contributed by atoms with van der Waals surface area (Å²) in [4.78, 5) is 20.3. The topological polar surface area (TPSA) is 66.9 Å². The molecular weight excluding hydrogens is 264 g/mol. The van der Waals surface area contributed by atoms with Gasteiger partial charge in [-0.15, -0.1) is 0 Å². The van der Waals surface area contributed by atoms with Crippen molar-refractivity contribution < 1.29 is 4.79 Å². The zero-order valence-electron chi connectivity index (χ0n) is 12.8. The number of aromatic nitrogens is 2. The first kappa shape index (κ1) is 15.0. The van der Waals surface area contributed by atoms with Gasteiger partial charge in [0.15, 0.2) is 0 Å². The number of aryl methyl sites for hydroxylation is 2. The van der Waals surface area contributed by atoms with Gasteiger partial charge >= 0.3 is 0 Å². The van der Waals surface area contributed by atoms with Crippen molar-refractivity contribution in [1.82, 2.24) is 9.97 Å². The number of hydrogen-bond donors (Lipinski definition) is 2. The molecule has 0 atom stereocenters. The maximum absolute atomic E-state index is 12.2. The predicted molar refractivity (Wildman–Crippen MR) is 84.7 cm³/mol. The summed E-state index contributed by atoms with van der Waals surface area (Å²) in [5.74, 6) is 0.401. The van der Waals surface area contributed by atoms with Gasteiger partial charge in [-0.3, -0.25) is 4.79 Å². The third-order valence-corrected chi connectivity index (χ3v) is 3.10. The molecule has 1 amide bonds. The minimum Gasteiger partial charge on any atom is -0.368 e. The van der Waals surface area contributed by atoms with Gasteiger partial charge in [0.05, 0.1) is 0 Å². The molecule has 21 heavy (non-hydrogen) atoms. The first-order valence-corrected chi connectivity index (χ1v) is 6.93. The molecular formula is C16H20N4O. The summed E-state index contributed by atoms with van der Waals surface area (Å²) in [6, 6.07) is 7.71. The summed E-state index contributed by atoms with van der Waals surface area (Å²) in [6.07, 6.45) is 1.39. The number of nitrogens with one attached hydrogen (secondary N) is 2. The molecule has 110 valence electrons. The molecule has 0 aliphatic carbocycles. The maximum atomic E-state index is 12.2. The molecule has 0 aliphatic heterocycles. The van der Waals surface area contributed by atoms with Crippen LogP contribution in [0.1, 0.15) is 35.5 Å². The summed E-state index contributed by atoms with van der Waals surface area (Å²) in [6.45, 7) is 8.07. The van der Waals surface area contributed by atoms with Crippen molar-refractivity contribution in [3.63, 3.8) is 0 Å². The van der Waals surface area contributed by atoms with Gasteiger partial charge in [-0.1, -0.05) is 6.07 Å². The standard InChI is InChI=1S/C16H20N4O/c1-10(2)19-15-8-14(17-9-18-15)16(21)20-13-6-5-11(3)12(4)7-13/h5-10H,1-4H3,(H,20,21)(H,17,18,19). The van der Waals surface area contributed by atoms with E-state index in [2.05, 4.69) is 20.6 Å². The third kappa shape index (κ3) is 4.02. The second-order valence-electron chi connectivity index (χ2n) is 5.34. The van der Waals surface area contributed by atoms with Gasteiger partial charge < -0.3 is 10.6 Å². The molecule has 2 aromatic rings. The first-order chi connectivity index (χ1) is 9.95. The minimum absolute atomic E-state index is 0.243. The van der Waals surface area contributed by atoms with Crippen LogP contribution in [0.4, 0.5) is 11.5 Å². The average Bonchev–Trinajstić information content (AvgIpc) is 2.42. The van der Waals surface area contributed by atoms with Crippen LogP contribution in [-0.2, 0) is 0 Å². The Morgan fingerprint density at radius 3 is 2.52 bits per heavy atom. The van der Waals surface area contributed by atoms with Crippen LogP contribution in [0.5, 0.6) is 0 Å². The fraction of sp³-hybridized carbons (Fsp3) is 0.312. The van der Waals surface area contributed by atoms with Gasteiger partial charge in [-0.25, -0.2) is 9.97 Å². The average molecular weight is 284 g/mol. The van der Waals surface area contributed by atoms with Crippen LogP contribution in [0.15, 0.2) is 30.6 Å². The van der Waals surface area contributed by atoms with Crippen LogP contribution in [-0.4, -0.2) is 21.9 Å². The molecule has 0 bridgehead atoms. The Morgan fingerprint density at radius 1 is 1.10 bits per heavy atom. The minimum atomic E-state index is -0.243. The van der Waals surface area contributed by atoms with E-state index in [0.717, 1.165) is 11.3 Å². The van der Waals surface area contributed by atoms with Gasteiger partial charge in [0.1, 0.15) is 17.8 Å². The van der Waals surface area contributed by atoms with Crippen molar-refractivity contribution in [1.29, 1.82) is 0 Å². The highest BCUT2D eigenvalue weighted by Crippen LogP contribution is 2.15. The molecule has 0 saturated carbocycles. The van der Waals surface area contributed by atoms with E-state index in [1.165, 1.54) is 11.9 Å². The molecule has 0 fully saturated rings. The predicted octanol–water partition coefficient (Wildman–Crippen LogP) is 3.17. The second kappa shape index (κ2) is 6.35. The Balaban J connectivity index is 2.14. The van der Waals surface area contributed by atoms with Crippen molar-refractivity contribution in [2.75, 3.05) is 10.6 Å². The molecule has 2 rings (SSSR count). The highest BCUT2D eigenvalue weighted by atomic mass is 16.1. The van der Waals surface area contributed by atoms with Crippen LogP contribution in [0.3, 0.4) is 0 Å². The number of carbonyl (C=O) groups excluding carboxylic acids is 1. The Morgan fingerprint density at radius 2 is 1.86 bits per heavy atom. The van der Waals surface area contributed by atoms with E-state index in [0.29, 0.717) is 11.5 Å². The molecule has 1 aromatic carbocycles. The van der Waals surface area contributed by atoms with Gasteiger partial charge in [-0.05, 0) is 51.0 Å². The lowest BCUT2D eigenvalue weighted by atomic mass is 10.1. The van der Waals surface area contributed by atoms with Crippen LogP contribution < -0.4 is 10.6 Å². The Hall–Kier alpha value is -2.43. The van der Waals surface area contributed by atoms with E-state index in [-0.39, 0.29) is 11.9 Å². The van der Waals surface area contributed by atoms with Crippen molar-refractivity contribution in [2.24, 2.45) is 0 Å².